The molecule has 4 nitrogen and oxygen atoms in total. The smallest absolute Gasteiger partial charge is 0.129 e. The molecule has 2 rings (SSSR count). The molecule has 2 N–H and O–H groups in total. The Labute approximate surface area is 126 Å². The first-order valence-corrected chi connectivity index (χ1v) is 7.37. The molecule has 0 spiro atoms. The number of hydrogen-bond donors (Lipinski definition) is 1. The van der Waals surface area contributed by atoms with Crippen molar-refractivity contribution < 1.29 is 9.53 Å². The molecule has 114 valence electrons. The van der Waals surface area contributed by atoms with Crippen molar-refractivity contribution in [2.24, 2.45) is 5.73 Å². The molecule has 2 atom stereocenters. The lowest BCUT2D eigenvalue weighted by atomic mass is 9.97. The van der Waals surface area contributed by atoms with Crippen LogP contribution in [-0.4, -0.2) is 35.3 Å². The van der Waals surface area contributed by atoms with E-state index in [-0.39, 0.29) is 11.7 Å². The van der Waals surface area contributed by atoms with Crippen LogP contribution < -0.4 is 5.73 Å². The van der Waals surface area contributed by atoms with Crippen molar-refractivity contribution in [1.82, 2.24) is 4.90 Å². The number of nitrogens with zero attached hydrogens (tertiary/aromatic N) is 1. The summed E-state index contributed by atoms with van der Waals surface area (Å²) in [5.41, 5.74) is 7.65. The van der Waals surface area contributed by atoms with Gasteiger partial charge in [-0.15, -0.1) is 0 Å². The van der Waals surface area contributed by atoms with Gasteiger partial charge in [-0.2, -0.15) is 0 Å². The van der Waals surface area contributed by atoms with E-state index in [0.717, 1.165) is 19.5 Å². The van der Waals surface area contributed by atoms with Crippen LogP contribution in [0.15, 0.2) is 35.9 Å². The van der Waals surface area contributed by atoms with E-state index in [0.29, 0.717) is 5.57 Å². The summed E-state index contributed by atoms with van der Waals surface area (Å²) in [6.07, 6.45) is 0.107. The van der Waals surface area contributed by atoms with E-state index in [4.69, 9.17) is 10.5 Å². The Morgan fingerprint density at radius 3 is 2.57 bits per heavy atom. The highest BCUT2D eigenvalue weighted by molar-refractivity contribution is 5.56. The van der Waals surface area contributed by atoms with Gasteiger partial charge in [0.25, 0.3) is 0 Å². The largest absolute Gasteiger partial charge is 0.367 e. The van der Waals surface area contributed by atoms with Crippen LogP contribution in [0.2, 0.25) is 0 Å². The molecule has 1 heterocycles. The van der Waals surface area contributed by atoms with E-state index >= 15 is 0 Å². The Bertz CT molecular complexity index is 515. The van der Waals surface area contributed by atoms with Gasteiger partial charge in [-0.05, 0) is 32.8 Å². The molecule has 0 bridgehead atoms. The molecular weight excluding hydrogens is 264 g/mol. The van der Waals surface area contributed by atoms with Gasteiger partial charge in [-0.3, -0.25) is 4.90 Å². The van der Waals surface area contributed by atoms with E-state index in [1.165, 1.54) is 5.56 Å². The highest BCUT2D eigenvalue weighted by Gasteiger charge is 2.34. The van der Waals surface area contributed by atoms with Crippen molar-refractivity contribution in [1.29, 1.82) is 0 Å². The zero-order valence-electron chi connectivity index (χ0n) is 13.0. The first-order chi connectivity index (χ1) is 9.90. The standard InChI is InChI=1S/C17H24N2O2/c1-17(2,3)21-15-9-10-19(16(18)14(15)12-20)11-13-7-5-4-6-8-13/h4-8,15-16H,9-11,18H2,1-3H3. The number of piperidine rings is 1. The summed E-state index contributed by atoms with van der Waals surface area (Å²) in [7, 11) is 0. The van der Waals surface area contributed by atoms with Gasteiger partial charge in [0.15, 0.2) is 0 Å². The van der Waals surface area contributed by atoms with E-state index in [1.807, 2.05) is 44.9 Å². The maximum absolute atomic E-state index is 11.3. The van der Waals surface area contributed by atoms with Crippen LogP contribution in [0.5, 0.6) is 0 Å². The summed E-state index contributed by atoms with van der Waals surface area (Å²) in [4.78, 5) is 13.4. The third-order valence-electron chi connectivity index (χ3n) is 3.58. The fourth-order valence-electron chi connectivity index (χ4n) is 2.64. The van der Waals surface area contributed by atoms with Gasteiger partial charge in [0.1, 0.15) is 5.94 Å². The van der Waals surface area contributed by atoms with E-state index in [1.54, 1.807) is 0 Å². The molecule has 1 saturated heterocycles. The summed E-state index contributed by atoms with van der Waals surface area (Å²) in [6.45, 7) is 7.49. The SMILES string of the molecule is CC(C)(C)OC1CCN(Cc2ccccc2)C(N)C1=C=O. The van der Waals surface area contributed by atoms with E-state index in [9.17, 15) is 4.79 Å². The molecule has 1 aliphatic rings. The van der Waals surface area contributed by atoms with Crippen LogP contribution in [0.25, 0.3) is 0 Å². The number of hydrogen-bond acceptors (Lipinski definition) is 4. The molecule has 1 aliphatic heterocycles. The van der Waals surface area contributed by atoms with Crippen molar-refractivity contribution in [3.8, 4) is 0 Å². The summed E-state index contributed by atoms with van der Waals surface area (Å²) in [6, 6.07) is 10.1. The monoisotopic (exact) mass is 288 g/mol. The van der Waals surface area contributed by atoms with Crippen LogP contribution in [0.4, 0.5) is 0 Å². The minimum Gasteiger partial charge on any atom is -0.367 e. The van der Waals surface area contributed by atoms with Gasteiger partial charge in [0.2, 0.25) is 0 Å². The minimum absolute atomic E-state index is 0.232. The molecule has 0 saturated carbocycles. The highest BCUT2D eigenvalue weighted by atomic mass is 16.5. The summed E-state index contributed by atoms with van der Waals surface area (Å²) in [5.74, 6) is 2.02. The zero-order chi connectivity index (χ0) is 15.5. The van der Waals surface area contributed by atoms with E-state index < -0.39 is 6.17 Å². The molecular formula is C17H24N2O2. The predicted octanol–water partition coefficient (Wildman–Crippen LogP) is 2.12. The Morgan fingerprint density at radius 2 is 2.00 bits per heavy atom. The van der Waals surface area contributed by atoms with Crippen molar-refractivity contribution in [3.63, 3.8) is 0 Å². The Balaban J connectivity index is 2.08. The molecule has 1 fully saturated rings. The average Bonchev–Trinajstić information content (AvgIpc) is 2.42. The van der Waals surface area contributed by atoms with E-state index in [2.05, 4.69) is 17.0 Å². The van der Waals surface area contributed by atoms with Crippen molar-refractivity contribution >= 4 is 5.94 Å². The van der Waals surface area contributed by atoms with Crippen LogP contribution in [-0.2, 0) is 16.1 Å². The molecule has 1 aromatic carbocycles. The molecule has 2 unspecified atom stereocenters. The van der Waals surface area contributed by atoms with Gasteiger partial charge < -0.3 is 10.5 Å². The number of ether oxygens (including phenoxy) is 1. The average molecular weight is 288 g/mol. The fraction of sp³-hybridized carbons (Fsp3) is 0.529. The second kappa shape index (κ2) is 6.54. The molecule has 0 aromatic heterocycles. The Hall–Kier alpha value is -1.45. The lowest BCUT2D eigenvalue weighted by Gasteiger charge is -2.40. The lowest BCUT2D eigenvalue weighted by molar-refractivity contribution is -0.0650. The maximum atomic E-state index is 11.3. The van der Waals surface area contributed by atoms with Crippen LogP contribution in [0.3, 0.4) is 0 Å². The quantitative estimate of drug-likeness (QED) is 0.866. The Kier molecular flexibility index (Phi) is 4.96. The van der Waals surface area contributed by atoms with Gasteiger partial charge >= 0.3 is 0 Å². The minimum atomic E-state index is -0.427. The van der Waals surface area contributed by atoms with Crippen molar-refractivity contribution in [2.75, 3.05) is 6.54 Å². The zero-order valence-corrected chi connectivity index (χ0v) is 13.0. The van der Waals surface area contributed by atoms with Crippen molar-refractivity contribution in [2.45, 2.75) is 51.6 Å². The van der Waals surface area contributed by atoms with Gasteiger partial charge in [-0.1, -0.05) is 30.3 Å². The summed E-state index contributed by atoms with van der Waals surface area (Å²) >= 11 is 0. The molecule has 1 aromatic rings. The normalized spacial score (nSPS) is 23.9. The third-order valence-corrected chi connectivity index (χ3v) is 3.58. The molecule has 0 radical (unpaired) electrons. The maximum Gasteiger partial charge on any atom is 0.129 e. The van der Waals surface area contributed by atoms with Crippen LogP contribution >= 0.6 is 0 Å². The number of nitrogens with two attached hydrogens (primary N) is 1. The summed E-state index contributed by atoms with van der Waals surface area (Å²) in [5, 5.41) is 0. The third kappa shape index (κ3) is 4.26. The predicted molar refractivity (Wildman–Crippen MR) is 83.3 cm³/mol. The number of rotatable bonds is 3. The topological polar surface area (TPSA) is 55.6 Å². The van der Waals surface area contributed by atoms with Gasteiger partial charge in [0, 0.05) is 13.1 Å². The van der Waals surface area contributed by atoms with Crippen LogP contribution in [0, 0.1) is 0 Å². The molecule has 0 amide bonds. The molecule has 21 heavy (non-hydrogen) atoms. The fourth-order valence-corrected chi connectivity index (χ4v) is 2.64. The summed E-state index contributed by atoms with van der Waals surface area (Å²) < 4.78 is 5.94. The molecule has 0 aliphatic carbocycles. The number of carbonyl (C=O) groups excluding carboxylic acids is 1. The molecule has 4 heteroatoms. The highest BCUT2D eigenvalue weighted by Crippen LogP contribution is 2.26. The first-order valence-electron chi connectivity index (χ1n) is 7.37. The van der Waals surface area contributed by atoms with Crippen LogP contribution in [0.1, 0.15) is 32.8 Å². The lowest BCUT2D eigenvalue weighted by Crippen LogP contribution is -2.52. The second-order valence-electron chi connectivity index (χ2n) is 6.47. The second-order valence-corrected chi connectivity index (χ2v) is 6.47. The number of likely N-dealkylation sites (tertiary alicyclic amines) is 1. The van der Waals surface area contributed by atoms with Gasteiger partial charge in [0.05, 0.1) is 23.4 Å². The first kappa shape index (κ1) is 15.9. The van der Waals surface area contributed by atoms with Crippen molar-refractivity contribution in [3.05, 3.63) is 41.5 Å². The van der Waals surface area contributed by atoms with Gasteiger partial charge in [-0.25, -0.2) is 4.79 Å². The Morgan fingerprint density at radius 1 is 1.33 bits per heavy atom. The number of benzene rings is 1.